The third-order valence-electron chi connectivity index (χ3n) is 3.61. The van der Waals surface area contributed by atoms with Crippen molar-refractivity contribution in [3.8, 4) is 6.07 Å². The van der Waals surface area contributed by atoms with E-state index in [1.807, 2.05) is 6.07 Å². The summed E-state index contributed by atoms with van der Waals surface area (Å²) in [6, 6.07) is 8.00. The third kappa shape index (κ3) is 3.60. The quantitative estimate of drug-likeness (QED) is 0.917. The van der Waals surface area contributed by atoms with Crippen LogP contribution in [0.25, 0.3) is 0 Å². The molecule has 1 heterocycles. The van der Waals surface area contributed by atoms with Gasteiger partial charge in [-0.1, -0.05) is 11.6 Å². The van der Waals surface area contributed by atoms with Gasteiger partial charge in [0.1, 0.15) is 6.07 Å². The van der Waals surface area contributed by atoms with E-state index in [2.05, 4.69) is 35.3 Å². The molecule has 102 valence electrons. The van der Waals surface area contributed by atoms with Crippen LogP contribution in [0, 0.1) is 11.3 Å². The monoisotopic (exact) mass is 278 g/mol. The molecule has 1 aromatic carbocycles. The Bertz CT molecular complexity index is 483. The number of nitriles is 1. The summed E-state index contributed by atoms with van der Waals surface area (Å²) in [5.41, 5.74) is 1.45. The lowest BCUT2D eigenvalue weighted by Gasteiger charge is -2.37. The van der Waals surface area contributed by atoms with Crippen LogP contribution in [0.3, 0.4) is 0 Å². The van der Waals surface area contributed by atoms with E-state index in [0.717, 1.165) is 31.9 Å². The molecule has 1 N–H and O–H groups in total. The topological polar surface area (TPSA) is 42.3 Å². The molecule has 0 radical (unpaired) electrons. The first kappa shape index (κ1) is 14.1. The van der Waals surface area contributed by atoms with Crippen LogP contribution in [0.4, 0.5) is 5.69 Å². The van der Waals surface area contributed by atoms with Crippen molar-refractivity contribution in [3.05, 3.63) is 28.8 Å². The van der Waals surface area contributed by atoms with Gasteiger partial charge in [0.25, 0.3) is 0 Å². The van der Waals surface area contributed by atoms with Gasteiger partial charge in [-0.3, -0.25) is 4.90 Å². The van der Waals surface area contributed by atoms with E-state index in [4.69, 9.17) is 16.9 Å². The van der Waals surface area contributed by atoms with Crippen LogP contribution in [-0.4, -0.2) is 56.1 Å². The van der Waals surface area contributed by atoms with Gasteiger partial charge in [-0.25, -0.2) is 0 Å². The van der Waals surface area contributed by atoms with Crippen LogP contribution in [0.2, 0.25) is 5.02 Å². The van der Waals surface area contributed by atoms with Crippen LogP contribution in [-0.2, 0) is 0 Å². The summed E-state index contributed by atoms with van der Waals surface area (Å²) in [6.07, 6.45) is 0. The number of likely N-dealkylation sites (N-methyl/N-ethyl adjacent to an activating group) is 2. The number of benzene rings is 1. The average Bonchev–Trinajstić information content (AvgIpc) is 2.40. The average molecular weight is 279 g/mol. The van der Waals surface area contributed by atoms with Crippen molar-refractivity contribution in [1.82, 2.24) is 9.80 Å². The van der Waals surface area contributed by atoms with Gasteiger partial charge < -0.3 is 10.2 Å². The van der Waals surface area contributed by atoms with Gasteiger partial charge in [0, 0.05) is 37.2 Å². The van der Waals surface area contributed by atoms with Crippen molar-refractivity contribution < 1.29 is 0 Å². The van der Waals surface area contributed by atoms with Crippen LogP contribution in [0.15, 0.2) is 18.2 Å². The molecule has 0 saturated carbocycles. The summed E-state index contributed by atoms with van der Waals surface area (Å²) in [4.78, 5) is 4.69. The van der Waals surface area contributed by atoms with Gasteiger partial charge in [-0.05, 0) is 32.3 Å². The predicted molar refractivity (Wildman–Crippen MR) is 78.6 cm³/mol. The van der Waals surface area contributed by atoms with Crippen molar-refractivity contribution in [3.63, 3.8) is 0 Å². The summed E-state index contributed by atoms with van der Waals surface area (Å²) in [6.45, 7) is 4.06. The molecule has 19 heavy (non-hydrogen) atoms. The van der Waals surface area contributed by atoms with Crippen molar-refractivity contribution in [2.45, 2.75) is 6.04 Å². The zero-order valence-electron chi connectivity index (χ0n) is 11.4. The van der Waals surface area contributed by atoms with Crippen LogP contribution >= 0.6 is 11.6 Å². The molecule has 4 nitrogen and oxygen atoms in total. The first-order chi connectivity index (χ1) is 9.10. The van der Waals surface area contributed by atoms with Crippen LogP contribution < -0.4 is 5.32 Å². The predicted octanol–water partition coefficient (Wildman–Crippen LogP) is 1.87. The third-order valence-corrected chi connectivity index (χ3v) is 3.85. The number of hydrogen-bond donors (Lipinski definition) is 1. The Labute approximate surface area is 119 Å². The molecule has 1 aliphatic rings. The molecule has 1 aromatic rings. The molecule has 1 unspecified atom stereocenters. The summed E-state index contributed by atoms with van der Waals surface area (Å²) in [5.74, 6) is 0. The van der Waals surface area contributed by atoms with E-state index in [9.17, 15) is 0 Å². The zero-order chi connectivity index (χ0) is 13.8. The minimum Gasteiger partial charge on any atom is -0.382 e. The molecule has 0 spiro atoms. The smallest absolute Gasteiger partial charge is 0.101 e. The normalized spacial score (nSPS) is 21.1. The summed E-state index contributed by atoms with van der Waals surface area (Å²) < 4.78 is 0. The van der Waals surface area contributed by atoms with Gasteiger partial charge in [-0.15, -0.1) is 0 Å². The number of rotatable bonds is 3. The molecule has 0 bridgehead atoms. The van der Waals surface area contributed by atoms with Crippen molar-refractivity contribution in [1.29, 1.82) is 5.26 Å². The second-order valence-electron chi connectivity index (χ2n) is 5.08. The van der Waals surface area contributed by atoms with Crippen molar-refractivity contribution in [2.24, 2.45) is 0 Å². The SMILES string of the molecule is CN1CCN(C)C(CNc2ccc(Cl)cc2C#N)C1. The fourth-order valence-electron chi connectivity index (χ4n) is 2.31. The van der Waals surface area contributed by atoms with E-state index >= 15 is 0 Å². The number of nitrogens with one attached hydrogen (secondary N) is 1. The Balaban J connectivity index is 2.00. The molecule has 0 aromatic heterocycles. The Morgan fingerprint density at radius 1 is 1.42 bits per heavy atom. The first-order valence-electron chi connectivity index (χ1n) is 6.42. The fourth-order valence-corrected chi connectivity index (χ4v) is 2.48. The minimum atomic E-state index is 0.459. The van der Waals surface area contributed by atoms with Gasteiger partial charge in [0.05, 0.1) is 11.3 Å². The molecule has 2 rings (SSSR count). The number of halogens is 1. The molecule has 1 fully saturated rings. The standard InChI is InChI=1S/C14H19ClN4/c1-18-5-6-19(2)13(10-18)9-17-14-4-3-12(15)7-11(14)8-16/h3-4,7,13,17H,5-6,9-10H2,1-2H3. The Morgan fingerprint density at radius 2 is 2.21 bits per heavy atom. The van der Waals surface area contributed by atoms with Crippen molar-refractivity contribution in [2.75, 3.05) is 45.6 Å². The lowest BCUT2D eigenvalue weighted by molar-refractivity contribution is 0.122. The van der Waals surface area contributed by atoms with Gasteiger partial charge in [0.2, 0.25) is 0 Å². The molecule has 5 heteroatoms. The molecular formula is C14H19ClN4. The van der Waals surface area contributed by atoms with Crippen LogP contribution in [0.1, 0.15) is 5.56 Å². The van der Waals surface area contributed by atoms with Gasteiger partial charge in [-0.2, -0.15) is 5.26 Å². The maximum absolute atomic E-state index is 9.11. The molecule has 1 saturated heterocycles. The maximum atomic E-state index is 9.11. The van der Waals surface area contributed by atoms with Crippen LogP contribution in [0.5, 0.6) is 0 Å². The maximum Gasteiger partial charge on any atom is 0.101 e. The highest BCUT2D eigenvalue weighted by Gasteiger charge is 2.21. The Morgan fingerprint density at radius 3 is 2.95 bits per heavy atom. The highest BCUT2D eigenvalue weighted by Crippen LogP contribution is 2.20. The number of hydrogen-bond acceptors (Lipinski definition) is 4. The summed E-state index contributed by atoms with van der Waals surface area (Å²) >= 11 is 5.89. The second-order valence-corrected chi connectivity index (χ2v) is 5.52. The molecule has 0 aliphatic carbocycles. The highest BCUT2D eigenvalue weighted by atomic mass is 35.5. The molecule has 1 atom stereocenters. The number of piperazine rings is 1. The van der Waals surface area contributed by atoms with E-state index in [-0.39, 0.29) is 0 Å². The molecule has 1 aliphatic heterocycles. The minimum absolute atomic E-state index is 0.459. The second kappa shape index (κ2) is 6.25. The lowest BCUT2D eigenvalue weighted by Crippen LogP contribution is -2.52. The fraction of sp³-hybridized carbons (Fsp3) is 0.500. The summed E-state index contributed by atoms with van der Waals surface area (Å²) in [5, 5.41) is 13.1. The number of anilines is 1. The van der Waals surface area contributed by atoms with Gasteiger partial charge in [0.15, 0.2) is 0 Å². The largest absolute Gasteiger partial charge is 0.382 e. The van der Waals surface area contributed by atoms with E-state index in [0.29, 0.717) is 16.6 Å². The van der Waals surface area contributed by atoms with E-state index < -0.39 is 0 Å². The Kier molecular flexibility index (Phi) is 4.65. The molecular weight excluding hydrogens is 260 g/mol. The number of nitrogens with zero attached hydrogens (tertiary/aromatic N) is 3. The van der Waals surface area contributed by atoms with E-state index in [1.165, 1.54) is 0 Å². The van der Waals surface area contributed by atoms with Crippen molar-refractivity contribution >= 4 is 17.3 Å². The van der Waals surface area contributed by atoms with Gasteiger partial charge >= 0.3 is 0 Å². The summed E-state index contributed by atoms with van der Waals surface area (Å²) in [7, 11) is 4.29. The highest BCUT2D eigenvalue weighted by molar-refractivity contribution is 6.30. The lowest BCUT2D eigenvalue weighted by atomic mass is 10.1. The Hall–Kier alpha value is -1.28. The molecule has 0 amide bonds. The first-order valence-corrected chi connectivity index (χ1v) is 6.80. The van der Waals surface area contributed by atoms with E-state index in [1.54, 1.807) is 12.1 Å². The zero-order valence-corrected chi connectivity index (χ0v) is 12.1.